The molecule has 11 heteroatoms. The highest BCUT2D eigenvalue weighted by molar-refractivity contribution is 6.01. The number of aromatic nitrogens is 5. The van der Waals surface area contributed by atoms with Gasteiger partial charge < -0.3 is 4.90 Å². The van der Waals surface area contributed by atoms with E-state index in [2.05, 4.69) is 15.2 Å². The Balaban J connectivity index is 0.00000259. The summed E-state index contributed by atoms with van der Waals surface area (Å²) in [5, 5.41) is 8.80. The fourth-order valence-corrected chi connectivity index (χ4v) is 4.20. The van der Waals surface area contributed by atoms with Crippen LogP contribution in [0.4, 0.5) is 13.2 Å². The van der Waals surface area contributed by atoms with Gasteiger partial charge in [-0.25, -0.2) is 22.4 Å². The lowest BCUT2D eigenvalue weighted by atomic mass is 10.1. The van der Waals surface area contributed by atoms with E-state index in [0.29, 0.717) is 34.2 Å². The molecule has 5 rings (SSSR count). The molecule has 1 amide bonds. The van der Waals surface area contributed by atoms with Crippen molar-refractivity contribution >= 4 is 34.7 Å². The summed E-state index contributed by atoms with van der Waals surface area (Å²) in [6.45, 7) is 1.24. The Labute approximate surface area is 193 Å². The number of hydrogen-bond donors (Lipinski definition) is 0. The molecule has 1 aliphatic rings. The summed E-state index contributed by atoms with van der Waals surface area (Å²) in [6, 6.07) is 6.78. The zero-order chi connectivity index (χ0) is 22.2. The van der Waals surface area contributed by atoms with Crippen LogP contribution in [0, 0.1) is 0 Å². The summed E-state index contributed by atoms with van der Waals surface area (Å²) in [5.74, 6) is -0.286. The van der Waals surface area contributed by atoms with E-state index in [4.69, 9.17) is 0 Å². The quantitative estimate of drug-likeness (QED) is 0.417. The van der Waals surface area contributed by atoms with Gasteiger partial charge in [-0.1, -0.05) is 18.9 Å². The topological polar surface area (TPSA) is 68.3 Å². The highest BCUT2D eigenvalue weighted by Gasteiger charge is 2.28. The van der Waals surface area contributed by atoms with E-state index in [1.165, 1.54) is 12.3 Å². The van der Waals surface area contributed by atoms with Gasteiger partial charge in [-0.15, -0.1) is 12.4 Å². The Hall–Kier alpha value is -3.14. The van der Waals surface area contributed by atoms with Crippen molar-refractivity contribution in [3.05, 3.63) is 48.5 Å². The molecule has 0 bridgehead atoms. The Bertz CT molecular complexity index is 1280. The summed E-state index contributed by atoms with van der Waals surface area (Å²) in [7, 11) is 0. The molecule has 1 aliphatic heterocycles. The number of alkyl halides is 3. The fraction of sp³-hybridized carbons (Fsp3) is 0.364. The van der Waals surface area contributed by atoms with E-state index in [0.717, 1.165) is 25.7 Å². The van der Waals surface area contributed by atoms with Crippen molar-refractivity contribution in [3.8, 4) is 11.3 Å². The molecule has 174 valence electrons. The largest absolute Gasteiger partial charge is 0.337 e. The number of nitrogens with zero attached hydrogens (tertiary/aromatic N) is 6. The Morgan fingerprint density at radius 1 is 1.00 bits per heavy atom. The average Bonchev–Trinajstić information content (AvgIpc) is 3.28. The van der Waals surface area contributed by atoms with E-state index >= 15 is 0 Å². The van der Waals surface area contributed by atoms with Crippen LogP contribution in [-0.4, -0.2) is 54.7 Å². The molecule has 0 aliphatic carbocycles. The second kappa shape index (κ2) is 9.38. The molecule has 1 unspecified atom stereocenters. The third kappa shape index (κ3) is 4.15. The molecule has 0 radical (unpaired) electrons. The molecule has 1 fully saturated rings. The first-order valence-corrected chi connectivity index (χ1v) is 10.6. The molecule has 1 atom stereocenters. The lowest BCUT2D eigenvalue weighted by Gasteiger charge is -2.19. The van der Waals surface area contributed by atoms with Crippen LogP contribution in [-0.2, 0) is 0 Å². The first-order chi connectivity index (χ1) is 15.5. The predicted molar refractivity (Wildman–Crippen MR) is 119 cm³/mol. The average molecular weight is 479 g/mol. The normalized spacial score (nSPS) is 15.6. The van der Waals surface area contributed by atoms with Crippen molar-refractivity contribution < 1.29 is 18.0 Å². The molecule has 5 heterocycles. The molecule has 4 aromatic rings. The van der Waals surface area contributed by atoms with Gasteiger partial charge in [0.05, 0.1) is 17.2 Å². The van der Waals surface area contributed by atoms with Crippen LogP contribution in [0.3, 0.4) is 0 Å². The van der Waals surface area contributed by atoms with Crippen LogP contribution in [0.15, 0.2) is 42.9 Å². The second-order valence-electron chi connectivity index (χ2n) is 7.88. The van der Waals surface area contributed by atoms with Gasteiger partial charge in [0.1, 0.15) is 11.4 Å². The summed E-state index contributed by atoms with van der Waals surface area (Å²) in [5.41, 5.74) is 1.72. The van der Waals surface area contributed by atoms with Crippen molar-refractivity contribution in [1.29, 1.82) is 0 Å². The van der Waals surface area contributed by atoms with Crippen LogP contribution in [0.2, 0.25) is 0 Å². The maximum absolute atomic E-state index is 14.5. The Morgan fingerprint density at radius 2 is 1.76 bits per heavy atom. The molecule has 0 N–H and O–H groups in total. The monoisotopic (exact) mass is 478 g/mol. The van der Waals surface area contributed by atoms with Crippen molar-refractivity contribution in [3.63, 3.8) is 0 Å². The van der Waals surface area contributed by atoms with E-state index in [9.17, 15) is 18.0 Å². The van der Waals surface area contributed by atoms with Gasteiger partial charge >= 0.3 is 0 Å². The van der Waals surface area contributed by atoms with Crippen LogP contribution in [0.5, 0.6) is 0 Å². The van der Waals surface area contributed by atoms with Crippen LogP contribution < -0.4 is 0 Å². The first kappa shape index (κ1) is 23.0. The van der Waals surface area contributed by atoms with E-state index in [1.54, 1.807) is 33.9 Å². The third-order valence-corrected chi connectivity index (χ3v) is 5.83. The van der Waals surface area contributed by atoms with Crippen molar-refractivity contribution in [1.82, 2.24) is 29.3 Å². The minimum Gasteiger partial charge on any atom is -0.337 e. The van der Waals surface area contributed by atoms with Gasteiger partial charge in [0.15, 0.2) is 0 Å². The number of hydrogen-bond acceptors (Lipinski definition) is 4. The Kier molecular flexibility index (Phi) is 6.55. The fourth-order valence-electron chi connectivity index (χ4n) is 4.20. The molecular weight excluding hydrogens is 457 g/mol. The Morgan fingerprint density at radius 3 is 2.48 bits per heavy atom. The standard InChI is InChI=1S/C22H21F3N6O.ClH/c23-20(24)21(25)31-18-11-16(22(32)29-8-4-1-2-5-9-29)26-12-14(18)19(28-31)15-13-27-30-10-6-3-7-17(15)30;/h3,6-7,10-13,20-21H,1-2,4-5,8-9H2;1H. The summed E-state index contributed by atoms with van der Waals surface area (Å²) < 4.78 is 43.4. The molecule has 0 saturated carbocycles. The number of carbonyl (C=O) groups excluding carboxylic acids is 1. The van der Waals surface area contributed by atoms with Gasteiger partial charge in [0.25, 0.3) is 18.6 Å². The number of likely N-dealkylation sites (tertiary alicyclic amines) is 1. The minimum atomic E-state index is -3.27. The molecule has 0 spiro atoms. The molecule has 1 saturated heterocycles. The van der Waals surface area contributed by atoms with Gasteiger partial charge in [-0.2, -0.15) is 10.2 Å². The van der Waals surface area contributed by atoms with Crippen molar-refractivity contribution in [2.75, 3.05) is 13.1 Å². The van der Waals surface area contributed by atoms with Gasteiger partial charge in [-0.05, 0) is 31.0 Å². The van der Waals surface area contributed by atoms with E-state index in [-0.39, 0.29) is 35.2 Å². The second-order valence-corrected chi connectivity index (χ2v) is 7.88. The zero-order valence-corrected chi connectivity index (χ0v) is 18.4. The molecule has 33 heavy (non-hydrogen) atoms. The van der Waals surface area contributed by atoms with Crippen LogP contribution in [0.25, 0.3) is 27.7 Å². The van der Waals surface area contributed by atoms with Crippen molar-refractivity contribution in [2.24, 2.45) is 0 Å². The van der Waals surface area contributed by atoms with Gasteiger partial charge in [-0.3, -0.25) is 9.78 Å². The van der Waals surface area contributed by atoms with E-state index in [1.807, 2.05) is 6.07 Å². The highest BCUT2D eigenvalue weighted by Crippen LogP contribution is 2.34. The summed E-state index contributed by atoms with van der Waals surface area (Å²) in [4.78, 5) is 19.0. The van der Waals surface area contributed by atoms with Gasteiger partial charge in [0, 0.05) is 36.4 Å². The minimum absolute atomic E-state index is 0. The van der Waals surface area contributed by atoms with Crippen LogP contribution in [0.1, 0.15) is 42.5 Å². The number of fused-ring (bicyclic) bond motifs is 2. The predicted octanol–water partition coefficient (Wildman–Crippen LogP) is 4.92. The van der Waals surface area contributed by atoms with Crippen molar-refractivity contribution in [2.45, 2.75) is 38.4 Å². The molecular formula is C22H22ClF3N6O. The van der Waals surface area contributed by atoms with Crippen LogP contribution >= 0.6 is 12.4 Å². The maximum atomic E-state index is 14.5. The smallest absolute Gasteiger partial charge is 0.289 e. The number of pyridine rings is 2. The SMILES string of the molecule is Cl.O=C(c1cc2c(cn1)c(-c1cnn3ccccc13)nn2C(F)C(F)F)N1CCCCCC1. The number of carbonyl (C=O) groups is 1. The summed E-state index contributed by atoms with van der Waals surface area (Å²) in [6.07, 6.45) is 2.70. The number of rotatable bonds is 4. The lowest BCUT2D eigenvalue weighted by Crippen LogP contribution is -2.32. The zero-order valence-electron chi connectivity index (χ0n) is 17.6. The molecule has 7 nitrogen and oxygen atoms in total. The first-order valence-electron chi connectivity index (χ1n) is 10.6. The summed E-state index contributed by atoms with van der Waals surface area (Å²) >= 11 is 0. The molecule has 4 aromatic heterocycles. The third-order valence-electron chi connectivity index (χ3n) is 5.83. The van der Waals surface area contributed by atoms with E-state index < -0.39 is 12.7 Å². The number of amides is 1. The highest BCUT2D eigenvalue weighted by atomic mass is 35.5. The lowest BCUT2D eigenvalue weighted by molar-refractivity contribution is 0.00357. The van der Waals surface area contributed by atoms with Gasteiger partial charge in [0.2, 0.25) is 0 Å². The maximum Gasteiger partial charge on any atom is 0.289 e. The molecule has 0 aromatic carbocycles. The number of halogens is 4.